The summed E-state index contributed by atoms with van der Waals surface area (Å²) in [6, 6.07) is 5.12. The molecule has 112 valence electrons. The summed E-state index contributed by atoms with van der Waals surface area (Å²) in [6.45, 7) is 1.73. The number of fused-ring (bicyclic) bond motifs is 1. The maximum atomic E-state index is 13.6. The average Bonchev–Trinajstić information content (AvgIpc) is 2.49. The van der Waals surface area contributed by atoms with E-state index in [-0.39, 0.29) is 12.4 Å². The number of rotatable bonds is 2. The van der Waals surface area contributed by atoms with Crippen LogP contribution in [0.25, 0.3) is 10.9 Å². The molecule has 1 fully saturated rings. The number of hydrogen-bond donors (Lipinski definition) is 2. The maximum absolute atomic E-state index is 13.6. The maximum Gasteiger partial charge on any atom is 0.139 e. The number of nitrogens with zero attached hydrogens (tertiary/aromatic N) is 2. The van der Waals surface area contributed by atoms with Crippen LogP contribution in [0.1, 0.15) is 12.8 Å². The van der Waals surface area contributed by atoms with Gasteiger partial charge in [-0.2, -0.15) is 0 Å². The molecule has 1 aliphatic heterocycles. The van der Waals surface area contributed by atoms with Crippen LogP contribution in [0.15, 0.2) is 28.9 Å². The molecule has 0 radical (unpaired) electrons. The van der Waals surface area contributed by atoms with E-state index >= 15 is 0 Å². The molecule has 3 rings (SSSR count). The molecule has 6 heteroatoms. The summed E-state index contributed by atoms with van der Waals surface area (Å²) in [5.74, 6) is -0.316. The second-order valence-electron chi connectivity index (χ2n) is 5.53. The Balaban J connectivity index is 1.96. The molecular weight excluding hydrogens is 337 g/mol. The first kappa shape index (κ1) is 14.7. The van der Waals surface area contributed by atoms with Crippen molar-refractivity contribution in [3.63, 3.8) is 0 Å². The standard InChI is InChI=1S/C15H17BrFN3O/c16-11-7-10-13(8-12(11)17)19-4-1-14(10)20-5-2-15(21,9-18)3-6-20/h1,4,7-8,21H,2-3,5-6,9,18H2. The molecule has 1 aromatic carbocycles. The fourth-order valence-electron chi connectivity index (χ4n) is 2.77. The molecule has 0 amide bonds. The largest absolute Gasteiger partial charge is 0.388 e. The molecule has 3 N–H and O–H groups in total. The topological polar surface area (TPSA) is 62.4 Å². The Labute approximate surface area is 130 Å². The van der Waals surface area contributed by atoms with Crippen molar-refractivity contribution in [3.05, 3.63) is 34.7 Å². The van der Waals surface area contributed by atoms with Crippen molar-refractivity contribution in [2.45, 2.75) is 18.4 Å². The van der Waals surface area contributed by atoms with E-state index in [0.717, 1.165) is 24.2 Å². The van der Waals surface area contributed by atoms with Crippen LogP contribution >= 0.6 is 15.9 Å². The number of aliphatic hydroxyl groups is 1. The van der Waals surface area contributed by atoms with Crippen LogP contribution in [0.5, 0.6) is 0 Å². The van der Waals surface area contributed by atoms with Crippen molar-refractivity contribution in [2.24, 2.45) is 5.73 Å². The highest BCUT2D eigenvalue weighted by atomic mass is 79.9. The van der Waals surface area contributed by atoms with E-state index in [4.69, 9.17) is 5.73 Å². The monoisotopic (exact) mass is 353 g/mol. The van der Waals surface area contributed by atoms with Crippen molar-refractivity contribution in [2.75, 3.05) is 24.5 Å². The summed E-state index contributed by atoms with van der Waals surface area (Å²) >= 11 is 3.23. The zero-order valence-corrected chi connectivity index (χ0v) is 13.1. The molecule has 0 saturated carbocycles. The van der Waals surface area contributed by atoms with Gasteiger partial charge in [0.1, 0.15) is 5.82 Å². The molecule has 21 heavy (non-hydrogen) atoms. The summed E-state index contributed by atoms with van der Waals surface area (Å²) < 4.78 is 14.1. The number of aromatic nitrogens is 1. The highest BCUT2D eigenvalue weighted by Gasteiger charge is 2.31. The molecule has 0 spiro atoms. The van der Waals surface area contributed by atoms with Crippen LogP contribution in [0.3, 0.4) is 0 Å². The Morgan fingerprint density at radius 1 is 1.38 bits per heavy atom. The summed E-state index contributed by atoms with van der Waals surface area (Å²) in [6.07, 6.45) is 2.96. The molecule has 2 aromatic rings. The van der Waals surface area contributed by atoms with Gasteiger partial charge in [0.25, 0.3) is 0 Å². The van der Waals surface area contributed by atoms with Gasteiger partial charge in [-0.3, -0.25) is 4.98 Å². The van der Waals surface area contributed by atoms with Crippen molar-refractivity contribution in [3.8, 4) is 0 Å². The Hall–Kier alpha value is -1.24. The molecule has 0 bridgehead atoms. The molecular formula is C15H17BrFN3O. The summed E-state index contributed by atoms with van der Waals surface area (Å²) in [5, 5.41) is 11.1. The van der Waals surface area contributed by atoms with E-state index < -0.39 is 5.60 Å². The van der Waals surface area contributed by atoms with E-state index in [1.54, 1.807) is 12.3 Å². The fourth-order valence-corrected chi connectivity index (χ4v) is 3.11. The van der Waals surface area contributed by atoms with E-state index in [2.05, 4.69) is 25.8 Å². The van der Waals surface area contributed by atoms with Crippen molar-refractivity contribution >= 4 is 32.5 Å². The third kappa shape index (κ3) is 2.75. The predicted octanol–water partition coefficient (Wildman–Crippen LogP) is 2.43. The highest BCUT2D eigenvalue weighted by Crippen LogP contribution is 2.32. The molecule has 4 nitrogen and oxygen atoms in total. The number of anilines is 1. The van der Waals surface area contributed by atoms with Crippen LogP contribution in [0.4, 0.5) is 10.1 Å². The van der Waals surface area contributed by atoms with Crippen LogP contribution in [0, 0.1) is 5.82 Å². The third-order valence-corrected chi connectivity index (χ3v) is 4.78. The number of piperidine rings is 1. The summed E-state index contributed by atoms with van der Waals surface area (Å²) in [5.41, 5.74) is 6.51. The van der Waals surface area contributed by atoms with Gasteiger partial charge in [0, 0.05) is 43.0 Å². The van der Waals surface area contributed by atoms with Gasteiger partial charge in [-0.05, 0) is 40.9 Å². The van der Waals surface area contributed by atoms with Gasteiger partial charge in [-0.25, -0.2) is 4.39 Å². The van der Waals surface area contributed by atoms with Crippen LogP contribution in [-0.2, 0) is 0 Å². The van der Waals surface area contributed by atoms with Gasteiger partial charge in [-0.1, -0.05) is 0 Å². The molecule has 1 aliphatic rings. The van der Waals surface area contributed by atoms with Gasteiger partial charge in [0.2, 0.25) is 0 Å². The normalized spacial score (nSPS) is 18.2. The minimum absolute atomic E-state index is 0.286. The van der Waals surface area contributed by atoms with Gasteiger partial charge in [0.05, 0.1) is 15.6 Å². The van der Waals surface area contributed by atoms with Crippen LogP contribution in [-0.4, -0.2) is 35.3 Å². The number of benzene rings is 1. The lowest BCUT2D eigenvalue weighted by Crippen LogP contribution is -2.48. The average molecular weight is 354 g/mol. The lowest BCUT2D eigenvalue weighted by atomic mass is 9.91. The van der Waals surface area contributed by atoms with Gasteiger partial charge >= 0.3 is 0 Å². The quantitative estimate of drug-likeness (QED) is 0.870. The lowest BCUT2D eigenvalue weighted by Gasteiger charge is -2.39. The molecule has 0 unspecified atom stereocenters. The SMILES string of the molecule is NCC1(O)CCN(c2ccnc3cc(F)c(Br)cc23)CC1. The number of halogens is 2. The van der Waals surface area contributed by atoms with E-state index in [1.807, 2.05) is 6.07 Å². The Morgan fingerprint density at radius 2 is 2.10 bits per heavy atom. The number of nitrogens with two attached hydrogens (primary N) is 1. The first-order valence-electron chi connectivity index (χ1n) is 6.94. The Bertz CT molecular complexity index is 671. The zero-order valence-electron chi connectivity index (χ0n) is 11.5. The molecule has 1 aromatic heterocycles. The van der Waals surface area contributed by atoms with Crippen molar-refractivity contribution in [1.29, 1.82) is 0 Å². The van der Waals surface area contributed by atoms with Gasteiger partial charge in [0.15, 0.2) is 0 Å². The summed E-state index contributed by atoms with van der Waals surface area (Å²) in [4.78, 5) is 6.42. The fraction of sp³-hybridized carbons (Fsp3) is 0.400. The van der Waals surface area contributed by atoms with Crippen LogP contribution in [0.2, 0.25) is 0 Å². The second-order valence-corrected chi connectivity index (χ2v) is 6.38. The minimum atomic E-state index is -0.758. The lowest BCUT2D eigenvalue weighted by molar-refractivity contribution is 0.0250. The Kier molecular flexibility index (Phi) is 3.86. The molecule has 2 heterocycles. The van der Waals surface area contributed by atoms with Crippen molar-refractivity contribution in [1.82, 2.24) is 4.98 Å². The minimum Gasteiger partial charge on any atom is -0.388 e. The predicted molar refractivity (Wildman–Crippen MR) is 84.9 cm³/mol. The molecule has 0 atom stereocenters. The van der Waals surface area contributed by atoms with E-state index in [0.29, 0.717) is 22.8 Å². The smallest absolute Gasteiger partial charge is 0.139 e. The first-order chi connectivity index (χ1) is 10.0. The van der Waals surface area contributed by atoms with Crippen molar-refractivity contribution < 1.29 is 9.50 Å². The third-order valence-electron chi connectivity index (χ3n) is 4.18. The van der Waals surface area contributed by atoms with Crippen LogP contribution < -0.4 is 10.6 Å². The van der Waals surface area contributed by atoms with Gasteiger partial charge in [-0.15, -0.1) is 0 Å². The Morgan fingerprint density at radius 3 is 2.76 bits per heavy atom. The second kappa shape index (κ2) is 5.51. The summed E-state index contributed by atoms with van der Waals surface area (Å²) in [7, 11) is 0. The number of pyridine rings is 1. The zero-order chi connectivity index (χ0) is 15.0. The van der Waals surface area contributed by atoms with E-state index in [1.165, 1.54) is 6.07 Å². The van der Waals surface area contributed by atoms with Gasteiger partial charge < -0.3 is 15.7 Å². The molecule has 0 aliphatic carbocycles. The molecule has 1 saturated heterocycles. The van der Waals surface area contributed by atoms with E-state index in [9.17, 15) is 9.50 Å². The number of hydrogen-bond acceptors (Lipinski definition) is 4. The highest BCUT2D eigenvalue weighted by molar-refractivity contribution is 9.10. The first-order valence-corrected chi connectivity index (χ1v) is 7.73.